The molecule has 4 nitrogen and oxygen atoms in total. The number of nitrogens with zero attached hydrogens (tertiary/aromatic N) is 1. The molecule has 1 atom stereocenters. The standard InChI is InChI=1S/C15H22FN3O/c1-11-3-4-13(16)7-14(11)18-15(20)10-19-6-5-12(9-19)8-17-2/h3-4,7,12,17H,5-6,8-10H2,1-2H3,(H,18,20). The van der Waals surface area contributed by atoms with Gasteiger partial charge in [0.1, 0.15) is 5.82 Å². The number of halogens is 1. The molecule has 1 saturated heterocycles. The topological polar surface area (TPSA) is 44.4 Å². The molecule has 0 spiro atoms. The van der Waals surface area contributed by atoms with Crippen LogP contribution in [0.25, 0.3) is 0 Å². The minimum Gasteiger partial charge on any atom is -0.325 e. The van der Waals surface area contributed by atoms with Gasteiger partial charge in [-0.25, -0.2) is 4.39 Å². The molecule has 1 aliphatic heterocycles. The van der Waals surface area contributed by atoms with E-state index in [0.717, 1.165) is 31.6 Å². The van der Waals surface area contributed by atoms with Crippen molar-refractivity contribution in [2.24, 2.45) is 5.92 Å². The van der Waals surface area contributed by atoms with Gasteiger partial charge in [0, 0.05) is 12.2 Å². The van der Waals surface area contributed by atoms with Gasteiger partial charge < -0.3 is 10.6 Å². The third kappa shape index (κ3) is 4.02. The highest BCUT2D eigenvalue weighted by Gasteiger charge is 2.23. The number of nitrogens with one attached hydrogen (secondary N) is 2. The first-order chi connectivity index (χ1) is 9.58. The molecule has 0 radical (unpaired) electrons. The van der Waals surface area contributed by atoms with E-state index in [-0.39, 0.29) is 11.7 Å². The van der Waals surface area contributed by atoms with Gasteiger partial charge in [-0.1, -0.05) is 6.07 Å². The summed E-state index contributed by atoms with van der Waals surface area (Å²) in [7, 11) is 1.95. The molecule has 110 valence electrons. The molecular formula is C15H22FN3O. The average Bonchev–Trinajstić information content (AvgIpc) is 2.81. The van der Waals surface area contributed by atoms with E-state index in [4.69, 9.17) is 0 Å². The van der Waals surface area contributed by atoms with E-state index in [2.05, 4.69) is 15.5 Å². The van der Waals surface area contributed by atoms with Crippen LogP contribution < -0.4 is 10.6 Å². The molecule has 2 rings (SSSR count). The molecule has 5 heteroatoms. The predicted octanol–water partition coefficient (Wildman–Crippen LogP) is 1.61. The smallest absolute Gasteiger partial charge is 0.238 e. The van der Waals surface area contributed by atoms with Gasteiger partial charge in [-0.05, 0) is 57.1 Å². The maximum atomic E-state index is 13.2. The fraction of sp³-hybridized carbons (Fsp3) is 0.533. The van der Waals surface area contributed by atoms with E-state index < -0.39 is 0 Å². The highest BCUT2D eigenvalue weighted by atomic mass is 19.1. The highest BCUT2D eigenvalue weighted by Crippen LogP contribution is 2.17. The van der Waals surface area contributed by atoms with E-state index in [1.807, 2.05) is 14.0 Å². The largest absolute Gasteiger partial charge is 0.325 e. The van der Waals surface area contributed by atoms with Crippen molar-refractivity contribution in [2.75, 3.05) is 38.5 Å². The average molecular weight is 279 g/mol. The third-order valence-electron chi connectivity index (χ3n) is 3.70. The van der Waals surface area contributed by atoms with Crippen molar-refractivity contribution in [3.8, 4) is 0 Å². The zero-order chi connectivity index (χ0) is 14.5. The summed E-state index contributed by atoms with van der Waals surface area (Å²) in [5.41, 5.74) is 1.43. The zero-order valence-corrected chi connectivity index (χ0v) is 12.1. The molecule has 1 aliphatic rings. The monoisotopic (exact) mass is 279 g/mol. The minimum absolute atomic E-state index is 0.0798. The molecular weight excluding hydrogens is 257 g/mol. The van der Waals surface area contributed by atoms with Gasteiger partial charge in [0.05, 0.1) is 6.54 Å². The first kappa shape index (κ1) is 14.9. The fourth-order valence-corrected chi connectivity index (χ4v) is 2.63. The van der Waals surface area contributed by atoms with Crippen LogP contribution in [0, 0.1) is 18.7 Å². The van der Waals surface area contributed by atoms with Crippen LogP contribution >= 0.6 is 0 Å². The lowest BCUT2D eigenvalue weighted by Gasteiger charge is -2.16. The molecule has 0 aliphatic carbocycles. The van der Waals surface area contributed by atoms with E-state index in [9.17, 15) is 9.18 Å². The first-order valence-electron chi connectivity index (χ1n) is 7.01. The predicted molar refractivity (Wildman–Crippen MR) is 78.2 cm³/mol. The third-order valence-corrected chi connectivity index (χ3v) is 3.70. The number of hydrogen-bond donors (Lipinski definition) is 2. The molecule has 1 unspecified atom stereocenters. The maximum Gasteiger partial charge on any atom is 0.238 e. The van der Waals surface area contributed by atoms with Gasteiger partial charge >= 0.3 is 0 Å². The van der Waals surface area contributed by atoms with Gasteiger partial charge in [0.2, 0.25) is 5.91 Å². The Bertz CT molecular complexity index is 478. The van der Waals surface area contributed by atoms with E-state index in [1.165, 1.54) is 12.1 Å². The number of rotatable bonds is 5. The summed E-state index contributed by atoms with van der Waals surface area (Å²) in [6.45, 7) is 5.10. The Kier molecular flexibility index (Phi) is 5.09. The first-order valence-corrected chi connectivity index (χ1v) is 7.01. The van der Waals surface area contributed by atoms with Crippen LogP contribution in [0.2, 0.25) is 0 Å². The summed E-state index contributed by atoms with van der Waals surface area (Å²) in [5, 5.41) is 5.96. The number of carbonyl (C=O) groups is 1. The summed E-state index contributed by atoms with van der Waals surface area (Å²) in [6.07, 6.45) is 1.12. The van der Waals surface area contributed by atoms with Crippen LogP contribution in [0.3, 0.4) is 0 Å². The van der Waals surface area contributed by atoms with Gasteiger partial charge in [0.15, 0.2) is 0 Å². The van der Waals surface area contributed by atoms with Gasteiger partial charge in [-0.15, -0.1) is 0 Å². The van der Waals surface area contributed by atoms with E-state index >= 15 is 0 Å². The Morgan fingerprint density at radius 2 is 2.30 bits per heavy atom. The number of carbonyl (C=O) groups excluding carboxylic acids is 1. The lowest BCUT2D eigenvalue weighted by Crippen LogP contribution is -2.32. The van der Waals surface area contributed by atoms with Crippen molar-refractivity contribution in [3.63, 3.8) is 0 Å². The number of likely N-dealkylation sites (tertiary alicyclic amines) is 1. The second kappa shape index (κ2) is 6.81. The Morgan fingerprint density at radius 3 is 3.05 bits per heavy atom. The molecule has 1 fully saturated rings. The molecule has 1 heterocycles. The molecule has 0 aromatic heterocycles. The van der Waals surface area contributed by atoms with Crippen molar-refractivity contribution in [1.29, 1.82) is 0 Å². The van der Waals surface area contributed by atoms with Crippen LogP contribution in [0.5, 0.6) is 0 Å². The van der Waals surface area contributed by atoms with Crippen molar-refractivity contribution >= 4 is 11.6 Å². The Morgan fingerprint density at radius 1 is 1.50 bits per heavy atom. The van der Waals surface area contributed by atoms with Crippen LogP contribution in [0.15, 0.2) is 18.2 Å². The van der Waals surface area contributed by atoms with E-state index in [0.29, 0.717) is 18.2 Å². The summed E-state index contributed by atoms with van der Waals surface area (Å²) in [6, 6.07) is 4.43. The number of aryl methyl sites for hydroxylation is 1. The molecule has 0 bridgehead atoms. The normalized spacial score (nSPS) is 19.2. The molecule has 2 N–H and O–H groups in total. The van der Waals surface area contributed by atoms with Crippen LogP contribution in [-0.4, -0.2) is 44.0 Å². The number of anilines is 1. The second-order valence-electron chi connectivity index (χ2n) is 5.45. The Hall–Kier alpha value is -1.46. The summed E-state index contributed by atoms with van der Waals surface area (Å²) < 4.78 is 13.2. The van der Waals surface area contributed by atoms with Crippen LogP contribution in [0.1, 0.15) is 12.0 Å². The SMILES string of the molecule is CNCC1CCN(CC(=O)Nc2cc(F)ccc2C)C1. The van der Waals surface area contributed by atoms with E-state index in [1.54, 1.807) is 6.07 Å². The quantitative estimate of drug-likeness (QED) is 0.861. The fourth-order valence-electron chi connectivity index (χ4n) is 2.63. The van der Waals surface area contributed by atoms with Crippen molar-refractivity contribution < 1.29 is 9.18 Å². The van der Waals surface area contributed by atoms with Crippen LogP contribution in [-0.2, 0) is 4.79 Å². The minimum atomic E-state index is -0.332. The molecule has 0 saturated carbocycles. The summed E-state index contributed by atoms with van der Waals surface area (Å²) in [4.78, 5) is 14.2. The molecule has 1 aromatic carbocycles. The van der Waals surface area contributed by atoms with Crippen LogP contribution in [0.4, 0.5) is 10.1 Å². The Labute approximate surface area is 119 Å². The molecule has 20 heavy (non-hydrogen) atoms. The number of hydrogen-bond acceptors (Lipinski definition) is 3. The van der Waals surface area contributed by atoms with Gasteiger partial charge in [-0.2, -0.15) is 0 Å². The summed E-state index contributed by atoms with van der Waals surface area (Å²) >= 11 is 0. The maximum absolute atomic E-state index is 13.2. The Balaban J connectivity index is 1.85. The summed E-state index contributed by atoms with van der Waals surface area (Å²) in [5.74, 6) is 0.202. The lowest BCUT2D eigenvalue weighted by atomic mass is 10.1. The second-order valence-corrected chi connectivity index (χ2v) is 5.45. The molecule has 1 aromatic rings. The van der Waals surface area contributed by atoms with Crippen molar-refractivity contribution in [1.82, 2.24) is 10.2 Å². The lowest BCUT2D eigenvalue weighted by molar-refractivity contribution is -0.117. The van der Waals surface area contributed by atoms with Gasteiger partial charge in [0.25, 0.3) is 0 Å². The number of benzene rings is 1. The van der Waals surface area contributed by atoms with Gasteiger partial charge in [-0.3, -0.25) is 9.69 Å². The van der Waals surface area contributed by atoms with Crippen molar-refractivity contribution in [2.45, 2.75) is 13.3 Å². The number of amides is 1. The molecule has 1 amide bonds. The van der Waals surface area contributed by atoms with Crippen molar-refractivity contribution in [3.05, 3.63) is 29.6 Å². The zero-order valence-electron chi connectivity index (χ0n) is 12.1. The highest BCUT2D eigenvalue weighted by molar-refractivity contribution is 5.92.